The molecule has 0 saturated carbocycles. The van der Waals surface area contributed by atoms with E-state index >= 15 is 0 Å². The van der Waals surface area contributed by atoms with Gasteiger partial charge in [-0.05, 0) is 42.3 Å². The van der Waals surface area contributed by atoms with Gasteiger partial charge in [-0.1, -0.05) is 55.5 Å². The molecule has 3 amide bonds. The number of carbonyl (C=O) groups is 3. The molecule has 2 fully saturated rings. The molecule has 0 aromatic heterocycles. The van der Waals surface area contributed by atoms with Crippen molar-refractivity contribution in [3.63, 3.8) is 0 Å². The van der Waals surface area contributed by atoms with Gasteiger partial charge in [0.15, 0.2) is 0 Å². The first-order chi connectivity index (χ1) is 17.0. The van der Waals surface area contributed by atoms with E-state index in [4.69, 9.17) is 0 Å². The summed E-state index contributed by atoms with van der Waals surface area (Å²) in [5.74, 6) is -2.74. The first kappa shape index (κ1) is 21.7. The zero-order valence-electron chi connectivity index (χ0n) is 19.1. The quantitative estimate of drug-likeness (QED) is 0.591. The van der Waals surface area contributed by atoms with Crippen LogP contribution in [0.1, 0.15) is 24.5 Å². The standard InChI is InChI=1S/C28H24FN3O3/c1-2-21-23-24(26(34)32(25(23)33)19-8-4-3-5-9-19)28(30-21)20-10-6-7-11-22(20)31(27(28)35)16-17-12-14-18(29)15-13-17/h3-15,21,23-24,30H,2,16H2,1H3/t21-,23+,24-,28-/m0/s1. The number of hydrogen-bond acceptors (Lipinski definition) is 4. The molecule has 3 aromatic carbocycles. The summed E-state index contributed by atoms with van der Waals surface area (Å²) in [6.45, 7) is 2.19. The number of anilines is 2. The Kier molecular flexibility index (Phi) is 4.86. The van der Waals surface area contributed by atoms with E-state index in [1.807, 2.05) is 37.3 Å². The van der Waals surface area contributed by atoms with E-state index in [9.17, 15) is 18.8 Å². The lowest BCUT2D eigenvalue weighted by Crippen LogP contribution is -2.55. The fourth-order valence-corrected chi connectivity index (χ4v) is 6.06. The number of imide groups is 1. The third-order valence-corrected chi connectivity index (χ3v) is 7.57. The van der Waals surface area contributed by atoms with Crippen LogP contribution < -0.4 is 15.1 Å². The molecule has 3 aromatic rings. The Bertz CT molecular complexity index is 1340. The Labute approximate surface area is 202 Å². The summed E-state index contributed by atoms with van der Waals surface area (Å²) in [6.07, 6.45) is 0.595. The fraction of sp³-hybridized carbons (Fsp3) is 0.250. The maximum atomic E-state index is 14.3. The number of hydrogen-bond donors (Lipinski definition) is 1. The van der Waals surface area contributed by atoms with Crippen molar-refractivity contribution in [2.75, 3.05) is 9.80 Å². The number of carbonyl (C=O) groups excluding carboxylic acids is 3. The van der Waals surface area contributed by atoms with Gasteiger partial charge in [0.25, 0.3) is 5.91 Å². The second-order valence-electron chi connectivity index (χ2n) is 9.35. The number of nitrogens with one attached hydrogen (secondary N) is 1. The largest absolute Gasteiger partial charge is 0.306 e. The number of para-hydroxylation sites is 2. The maximum absolute atomic E-state index is 14.3. The lowest BCUT2D eigenvalue weighted by molar-refractivity contribution is -0.132. The second kappa shape index (κ2) is 7.85. The van der Waals surface area contributed by atoms with Crippen LogP contribution in [0.2, 0.25) is 0 Å². The zero-order chi connectivity index (χ0) is 24.3. The van der Waals surface area contributed by atoms with Crippen LogP contribution in [0.5, 0.6) is 0 Å². The lowest BCUT2D eigenvalue weighted by Gasteiger charge is -2.30. The topological polar surface area (TPSA) is 69.7 Å². The summed E-state index contributed by atoms with van der Waals surface area (Å²) < 4.78 is 13.5. The first-order valence-corrected chi connectivity index (χ1v) is 11.8. The van der Waals surface area contributed by atoms with Gasteiger partial charge in [-0.2, -0.15) is 0 Å². The summed E-state index contributed by atoms with van der Waals surface area (Å²) >= 11 is 0. The molecule has 6 nitrogen and oxygen atoms in total. The Morgan fingerprint density at radius 2 is 1.57 bits per heavy atom. The molecule has 3 aliphatic rings. The van der Waals surface area contributed by atoms with Gasteiger partial charge in [-0.25, -0.2) is 9.29 Å². The van der Waals surface area contributed by atoms with E-state index in [-0.39, 0.29) is 36.1 Å². The van der Waals surface area contributed by atoms with E-state index in [1.54, 1.807) is 41.3 Å². The van der Waals surface area contributed by atoms with Crippen molar-refractivity contribution in [2.24, 2.45) is 11.8 Å². The molecule has 176 valence electrons. The smallest absolute Gasteiger partial charge is 0.253 e. The van der Waals surface area contributed by atoms with Gasteiger partial charge in [-0.3, -0.25) is 19.7 Å². The Morgan fingerprint density at radius 1 is 0.886 bits per heavy atom. The minimum atomic E-state index is -1.34. The maximum Gasteiger partial charge on any atom is 0.253 e. The molecule has 0 unspecified atom stereocenters. The van der Waals surface area contributed by atoms with Gasteiger partial charge in [0, 0.05) is 17.3 Å². The Morgan fingerprint density at radius 3 is 2.29 bits per heavy atom. The van der Waals surface area contributed by atoms with Crippen molar-refractivity contribution in [3.05, 3.63) is 95.8 Å². The fourth-order valence-electron chi connectivity index (χ4n) is 6.06. The molecule has 2 saturated heterocycles. The number of halogens is 1. The molecule has 0 aliphatic carbocycles. The molecule has 4 atom stereocenters. The number of amides is 3. The van der Waals surface area contributed by atoms with Crippen LogP contribution in [-0.4, -0.2) is 23.8 Å². The highest BCUT2D eigenvalue weighted by atomic mass is 19.1. The van der Waals surface area contributed by atoms with E-state index in [1.165, 1.54) is 17.0 Å². The van der Waals surface area contributed by atoms with Gasteiger partial charge < -0.3 is 4.90 Å². The van der Waals surface area contributed by atoms with Crippen molar-refractivity contribution in [3.8, 4) is 0 Å². The van der Waals surface area contributed by atoms with Crippen LogP contribution >= 0.6 is 0 Å². The SMILES string of the molecule is CC[C@@H]1N[C@]2(C(=O)N(Cc3ccc(F)cc3)c3ccccc32)[C@@H]2C(=O)N(c3ccccc3)C(=O)[C@H]12. The Balaban J connectivity index is 1.48. The minimum absolute atomic E-state index is 0.234. The van der Waals surface area contributed by atoms with Gasteiger partial charge in [0.1, 0.15) is 11.4 Å². The number of fused-ring (bicyclic) bond motifs is 4. The molecular formula is C28H24FN3O3. The Hall–Kier alpha value is -3.84. The molecule has 7 heteroatoms. The monoisotopic (exact) mass is 469 g/mol. The third kappa shape index (κ3) is 2.94. The van der Waals surface area contributed by atoms with Crippen LogP contribution in [0.3, 0.4) is 0 Å². The van der Waals surface area contributed by atoms with E-state index in [0.29, 0.717) is 23.4 Å². The van der Waals surface area contributed by atoms with Crippen LogP contribution in [0, 0.1) is 17.7 Å². The number of benzene rings is 3. The number of nitrogens with zero attached hydrogens (tertiary/aromatic N) is 2. The van der Waals surface area contributed by atoms with Crippen LogP contribution in [0.15, 0.2) is 78.9 Å². The second-order valence-corrected chi connectivity index (χ2v) is 9.35. The van der Waals surface area contributed by atoms with Crippen molar-refractivity contribution in [1.29, 1.82) is 0 Å². The van der Waals surface area contributed by atoms with Crippen molar-refractivity contribution >= 4 is 29.1 Å². The van der Waals surface area contributed by atoms with Crippen molar-refractivity contribution < 1.29 is 18.8 Å². The molecule has 1 N–H and O–H groups in total. The number of rotatable bonds is 4. The predicted octanol–water partition coefficient (Wildman–Crippen LogP) is 3.76. The summed E-state index contributed by atoms with van der Waals surface area (Å²) in [5, 5.41) is 3.46. The van der Waals surface area contributed by atoms with Crippen LogP contribution in [-0.2, 0) is 26.5 Å². The molecule has 35 heavy (non-hydrogen) atoms. The molecule has 3 aliphatic heterocycles. The summed E-state index contributed by atoms with van der Waals surface area (Å²) in [4.78, 5) is 44.7. The van der Waals surface area contributed by atoms with E-state index in [2.05, 4.69) is 5.32 Å². The van der Waals surface area contributed by atoms with Crippen LogP contribution in [0.4, 0.5) is 15.8 Å². The average molecular weight is 470 g/mol. The summed E-state index contributed by atoms with van der Waals surface area (Å²) in [6, 6.07) is 22.0. The highest BCUT2D eigenvalue weighted by Crippen LogP contribution is 2.55. The summed E-state index contributed by atoms with van der Waals surface area (Å²) in [7, 11) is 0. The third-order valence-electron chi connectivity index (χ3n) is 7.57. The molecule has 1 spiro atoms. The minimum Gasteiger partial charge on any atom is -0.306 e. The van der Waals surface area contributed by atoms with Crippen molar-refractivity contribution in [2.45, 2.75) is 31.5 Å². The van der Waals surface area contributed by atoms with Crippen LogP contribution in [0.25, 0.3) is 0 Å². The first-order valence-electron chi connectivity index (χ1n) is 11.8. The lowest BCUT2D eigenvalue weighted by atomic mass is 9.76. The average Bonchev–Trinajstić information content (AvgIpc) is 3.45. The van der Waals surface area contributed by atoms with Gasteiger partial charge >= 0.3 is 0 Å². The highest BCUT2D eigenvalue weighted by molar-refractivity contribution is 6.26. The molecule has 6 rings (SSSR count). The van der Waals surface area contributed by atoms with Gasteiger partial charge in [-0.15, -0.1) is 0 Å². The molecule has 0 radical (unpaired) electrons. The normalized spacial score (nSPS) is 27.1. The van der Waals surface area contributed by atoms with E-state index in [0.717, 1.165) is 5.56 Å². The molecule has 0 bridgehead atoms. The van der Waals surface area contributed by atoms with Gasteiger partial charge in [0.05, 0.1) is 24.1 Å². The zero-order valence-corrected chi connectivity index (χ0v) is 19.1. The highest BCUT2D eigenvalue weighted by Gasteiger charge is 2.71. The molecule has 3 heterocycles. The summed E-state index contributed by atoms with van der Waals surface area (Å²) in [5.41, 5.74) is 1.35. The predicted molar refractivity (Wildman–Crippen MR) is 129 cm³/mol. The molecular weight excluding hydrogens is 445 g/mol. The van der Waals surface area contributed by atoms with E-state index < -0.39 is 17.4 Å². The van der Waals surface area contributed by atoms with Gasteiger partial charge in [0.2, 0.25) is 11.8 Å². The van der Waals surface area contributed by atoms with Crippen molar-refractivity contribution in [1.82, 2.24) is 5.32 Å².